The van der Waals surface area contributed by atoms with Crippen LogP contribution >= 0.6 is 7.75 Å². The Morgan fingerprint density at radius 2 is 1.59 bits per heavy atom. The van der Waals surface area contributed by atoms with Crippen molar-refractivity contribution in [1.82, 2.24) is 0 Å². The van der Waals surface area contributed by atoms with Crippen LogP contribution in [-0.2, 0) is 13.6 Å². The molecule has 1 aromatic rings. The molecule has 0 aliphatic rings. The molecular weight excluding hydrogens is 237 g/mol. The Hall–Kier alpha value is -0.830. The zero-order chi connectivity index (χ0) is 12.6. The molecule has 0 aliphatic carbocycles. The maximum Gasteiger partial charge on any atom is 0.432 e. The Bertz CT molecular complexity index is 344. The van der Waals surface area contributed by atoms with Crippen LogP contribution in [0.3, 0.4) is 0 Å². The summed E-state index contributed by atoms with van der Waals surface area (Å²) in [5, 5.41) is 2.84. The van der Waals surface area contributed by atoms with E-state index < -0.39 is 7.75 Å². The number of para-hydroxylation sites is 1. The zero-order valence-corrected chi connectivity index (χ0v) is 11.3. The number of nitrogens with one attached hydrogen (secondary N) is 1. The number of benzene rings is 1. The minimum absolute atomic E-state index is 0.417. The van der Waals surface area contributed by atoms with E-state index in [1.54, 1.807) is 0 Å². The summed E-state index contributed by atoms with van der Waals surface area (Å²) < 4.78 is 23.0. The Labute approximate surface area is 103 Å². The fraction of sp³-hybridized carbons (Fsp3) is 0.500. The van der Waals surface area contributed by atoms with Crippen LogP contribution in [0, 0.1) is 0 Å². The van der Waals surface area contributed by atoms with Crippen LogP contribution in [-0.4, -0.2) is 13.2 Å². The number of rotatable bonds is 8. The molecular formula is C12H20NO3P. The van der Waals surface area contributed by atoms with Gasteiger partial charge in [0.1, 0.15) is 0 Å². The van der Waals surface area contributed by atoms with E-state index in [0.29, 0.717) is 13.2 Å². The van der Waals surface area contributed by atoms with Gasteiger partial charge in [-0.15, -0.1) is 0 Å². The lowest BCUT2D eigenvalue weighted by Gasteiger charge is -2.19. The number of anilines is 1. The van der Waals surface area contributed by atoms with Crippen molar-refractivity contribution in [3.05, 3.63) is 30.3 Å². The van der Waals surface area contributed by atoms with Crippen molar-refractivity contribution in [3.8, 4) is 0 Å². The van der Waals surface area contributed by atoms with Gasteiger partial charge in [0, 0.05) is 5.69 Å². The topological polar surface area (TPSA) is 47.6 Å². The highest BCUT2D eigenvalue weighted by atomic mass is 31.2. The molecule has 96 valence electrons. The molecule has 0 spiro atoms. The van der Waals surface area contributed by atoms with Crippen molar-refractivity contribution < 1.29 is 13.6 Å². The molecule has 0 fully saturated rings. The molecule has 1 aromatic carbocycles. The Balaban J connectivity index is 2.65. The molecule has 17 heavy (non-hydrogen) atoms. The minimum Gasteiger partial charge on any atom is -0.293 e. The van der Waals surface area contributed by atoms with Gasteiger partial charge >= 0.3 is 7.75 Å². The molecule has 5 heteroatoms. The van der Waals surface area contributed by atoms with Crippen LogP contribution in [0.2, 0.25) is 0 Å². The highest BCUT2D eigenvalue weighted by Gasteiger charge is 2.24. The predicted molar refractivity (Wildman–Crippen MR) is 70.2 cm³/mol. The van der Waals surface area contributed by atoms with Crippen LogP contribution in [0.1, 0.15) is 26.7 Å². The fourth-order valence-corrected chi connectivity index (χ4v) is 2.71. The zero-order valence-electron chi connectivity index (χ0n) is 10.4. The van der Waals surface area contributed by atoms with Crippen molar-refractivity contribution in [2.24, 2.45) is 0 Å². The standard InChI is InChI=1S/C12H20NO3P/c1-3-10-15-17(14,16-11-4-2)13-12-8-6-5-7-9-12/h5-9H,3-4,10-11H2,1-2H3,(H,13,14). The van der Waals surface area contributed by atoms with E-state index >= 15 is 0 Å². The molecule has 0 heterocycles. The third-order valence-corrected chi connectivity index (χ3v) is 3.55. The third kappa shape index (κ3) is 5.35. The van der Waals surface area contributed by atoms with E-state index in [1.807, 2.05) is 44.2 Å². The summed E-state index contributed by atoms with van der Waals surface area (Å²) in [6.07, 6.45) is 1.60. The highest BCUT2D eigenvalue weighted by Crippen LogP contribution is 2.47. The molecule has 0 saturated heterocycles. The first-order valence-corrected chi connectivity index (χ1v) is 7.47. The Kier molecular flexibility index (Phi) is 6.27. The van der Waals surface area contributed by atoms with Gasteiger partial charge < -0.3 is 0 Å². The van der Waals surface area contributed by atoms with Crippen LogP contribution < -0.4 is 5.09 Å². The van der Waals surface area contributed by atoms with Gasteiger partial charge in [0.15, 0.2) is 0 Å². The monoisotopic (exact) mass is 257 g/mol. The molecule has 0 radical (unpaired) electrons. The molecule has 0 amide bonds. The summed E-state index contributed by atoms with van der Waals surface area (Å²) in [6.45, 7) is 4.76. The second kappa shape index (κ2) is 7.49. The van der Waals surface area contributed by atoms with Crippen molar-refractivity contribution in [1.29, 1.82) is 0 Å². The van der Waals surface area contributed by atoms with E-state index in [9.17, 15) is 4.57 Å². The van der Waals surface area contributed by atoms with Crippen molar-refractivity contribution >= 4 is 13.4 Å². The van der Waals surface area contributed by atoms with Gasteiger partial charge in [-0.1, -0.05) is 32.0 Å². The van der Waals surface area contributed by atoms with E-state index in [0.717, 1.165) is 18.5 Å². The quantitative estimate of drug-likeness (QED) is 0.713. The highest BCUT2D eigenvalue weighted by molar-refractivity contribution is 7.55. The fourth-order valence-electron chi connectivity index (χ4n) is 1.20. The normalized spacial score (nSPS) is 11.4. The minimum atomic E-state index is -3.22. The second-order valence-electron chi connectivity index (χ2n) is 3.64. The predicted octanol–water partition coefficient (Wildman–Crippen LogP) is 4.06. The smallest absolute Gasteiger partial charge is 0.293 e. The van der Waals surface area contributed by atoms with Gasteiger partial charge in [0.05, 0.1) is 13.2 Å². The largest absolute Gasteiger partial charge is 0.432 e. The molecule has 1 N–H and O–H groups in total. The molecule has 0 unspecified atom stereocenters. The summed E-state index contributed by atoms with van der Waals surface area (Å²) in [5.41, 5.74) is 0.739. The van der Waals surface area contributed by atoms with Crippen LogP contribution in [0.15, 0.2) is 30.3 Å². The van der Waals surface area contributed by atoms with E-state index in [-0.39, 0.29) is 0 Å². The van der Waals surface area contributed by atoms with Gasteiger partial charge in [0.25, 0.3) is 0 Å². The van der Waals surface area contributed by atoms with Crippen LogP contribution in [0.4, 0.5) is 5.69 Å². The average molecular weight is 257 g/mol. The molecule has 0 aliphatic heterocycles. The SMILES string of the molecule is CCCOP(=O)(Nc1ccccc1)OCCC. The lowest BCUT2D eigenvalue weighted by atomic mass is 10.3. The molecule has 0 aromatic heterocycles. The summed E-state index contributed by atoms with van der Waals surface area (Å²) in [5.74, 6) is 0. The number of hydrogen-bond donors (Lipinski definition) is 1. The van der Waals surface area contributed by atoms with Gasteiger partial charge in [-0.3, -0.25) is 14.1 Å². The molecule has 4 nitrogen and oxygen atoms in total. The van der Waals surface area contributed by atoms with Gasteiger partial charge in [-0.25, -0.2) is 4.57 Å². The van der Waals surface area contributed by atoms with Gasteiger partial charge in [0.2, 0.25) is 0 Å². The summed E-state index contributed by atoms with van der Waals surface area (Å²) in [7, 11) is -3.22. The molecule has 0 saturated carbocycles. The van der Waals surface area contributed by atoms with E-state index in [4.69, 9.17) is 9.05 Å². The summed E-state index contributed by atoms with van der Waals surface area (Å²) in [4.78, 5) is 0. The second-order valence-corrected chi connectivity index (χ2v) is 5.38. The van der Waals surface area contributed by atoms with Crippen molar-refractivity contribution in [2.75, 3.05) is 18.3 Å². The van der Waals surface area contributed by atoms with Gasteiger partial charge in [-0.2, -0.15) is 0 Å². The van der Waals surface area contributed by atoms with E-state index in [2.05, 4.69) is 5.09 Å². The molecule has 1 rings (SSSR count). The van der Waals surface area contributed by atoms with E-state index in [1.165, 1.54) is 0 Å². The first-order chi connectivity index (χ1) is 8.20. The maximum atomic E-state index is 12.3. The van der Waals surface area contributed by atoms with Crippen molar-refractivity contribution in [3.63, 3.8) is 0 Å². The Morgan fingerprint density at radius 1 is 1.06 bits per heavy atom. The lowest BCUT2D eigenvalue weighted by molar-refractivity contribution is 0.209. The first kappa shape index (κ1) is 14.2. The Morgan fingerprint density at radius 3 is 2.06 bits per heavy atom. The number of hydrogen-bond acceptors (Lipinski definition) is 3. The van der Waals surface area contributed by atoms with Crippen LogP contribution in [0.25, 0.3) is 0 Å². The lowest BCUT2D eigenvalue weighted by Crippen LogP contribution is -2.06. The maximum absolute atomic E-state index is 12.3. The third-order valence-electron chi connectivity index (χ3n) is 1.97. The van der Waals surface area contributed by atoms with Crippen molar-refractivity contribution in [2.45, 2.75) is 26.7 Å². The van der Waals surface area contributed by atoms with Crippen LogP contribution in [0.5, 0.6) is 0 Å². The summed E-state index contributed by atoms with van der Waals surface area (Å²) >= 11 is 0. The summed E-state index contributed by atoms with van der Waals surface area (Å²) in [6, 6.07) is 9.29. The average Bonchev–Trinajstić information content (AvgIpc) is 2.35. The molecule has 0 atom stereocenters. The van der Waals surface area contributed by atoms with Gasteiger partial charge in [-0.05, 0) is 25.0 Å². The molecule has 0 bridgehead atoms. The first-order valence-electron chi connectivity index (χ1n) is 5.92.